The quantitative estimate of drug-likeness (QED) is 0.822. The van der Waals surface area contributed by atoms with Gasteiger partial charge in [-0.15, -0.1) is 0 Å². The summed E-state index contributed by atoms with van der Waals surface area (Å²) in [6.45, 7) is 8.55. The molecule has 1 fully saturated rings. The predicted molar refractivity (Wildman–Crippen MR) is 72.0 cm³/mol. The van der Waals surface area contributed by atoms with Gasteiger partial charge in [0.1, 0.15) is 5.75 Å². The van der Waals surface area contributed by atoms with Gasteiger partial charge in [-0.2, -0.15) is 0 Å². The molecule has 2 rings (SSSR count). The van der Waals surface area contributed by atoms with Crippen molar-refractivity contribution in [2.24, 2.45) is 5.92 Å². The molecule has 0 bridgehead atoms. The molecule has 1 aromatic carbocycles. The highest BCUT2D eigenvalue weighted by molar-refractivity contribution is 5.94. The van der Waals surface area contributed by atoms with Crippen LogP contribution in [-0.4, -0.2) is 30.5 Å². The van der Waals surface area contributed by atoms with E-state index in [1.807, 2.05) is 36.9 Å². The Bertz CT molecular complexity index is 442. The first-order valence-electron chi connectivity index (χ1n) is 6.64. The molecule has 0 aromatic heterocycles. The summed E-state index contributed by atoms with van der Waals surface area (Å²) in [6, 6.07) is 5.69. The number of ether oxygens (including phenoxy) is 1. The molecule has 1 saturated heterocycles. The number of carbonyl (C=O) groups excluding carboxylic acids is 1. The van der Waals surface area contributed by atoms with E-state index in [2.05, 4.69) is 6.92 Å². The molecular weight excluding hydrogens is 226 g/mol. The van der Waals surface area contributed by atoms with Crippen molar-refractivity contribution in [3.05, 3.63) is 29.3 Å². The van der Waals surface area contributed by atoms with Crippen LogP contribution in [0.4, 0.5) is 0 Å². The Morgan fingerprint density at radius 3 is 2.83 bits per heavy atom. The number of carbonyl (C=O) groups is 1. The SMILES string of the molecule is CCOc1ccc(C(=O)N2CCC(C)C2)cc1C. The summed E-state index contributed by atoms with van der Waals surface area (Å²) in [5, 5.41) is 0. The van der Waals surface area contributed by atoms with Crippen molar-refractivity contribution < 1.29 is 9.53 Å². The van der Waals surface area contributed by atoms with Gasteiger partial charge in [-0.05, 0) is 49.9 Å². The second-order valence-electron chi connectivity index (χ2n) is 5.06. The van der Waals surface area contributed by atoms with E-state index in [1.165, 1.54) is 0 Å². The number of amides is 1. The van der Waals surface area contributed by atoms with E-state index in [1.54, 1.807) is 0 Å². The lowest BCUT2D eigenvalue weighted by Crippen LogP contribution is -2.28. The highest BCUT2D eigenvalue weighted by Gasteiger charge is 2.24. The third-order valence-corrected chi connectivity index (χ3v) is 3.43. The normalized spacial score (nSPS) is 19.1. The molecule has 1 amide bonds. The number of likely N-dealkylation sites (tertiary alicyclic amines) is 1. The van der Waals surface area contributed by atoms with Gasteiger partial charge in [0.25, 0.3) is 5.91 Å². The van der Waals surface area contributed by atoms with Crippen LogP contribution in [0.25, 0.3) is 0 Å². The number of rotatable bonds is 3. The number of hydrogen-bond acceptors (Lipinski definition) is 2. The second kappa shape index (κ2) is 5.42. The summed E-state index contributed by atoms with van der Waals surface area (Å²) in [7, 11) is 0. The summed E-state index contributed by atoms with van der Waals surface area (Å²) >= 11 is 0. The standard InChI is InChI=1S/C15H21NO2/c1-4-18-14-6-5-13(9-12(14)3)15(17)16-8-7-11(2)10-16/h5-6,9,11H,4,7-8,10H2,1-3H3. The minimum Gasteiger partial charge on any atom is -0.494 e. The van der Waals surface area contributed by atoms with E-state index in [-0.39, 0.29) is 5.91 Å². The minimum atomic E-state index is 0.144. The van der Waals surface area contributed by atoms with Gasteiger partial charge in [0.15, 0.2) is 0 Å². The molecular formula is C15H21NO2. The zero-order valence-corrected chi connectivity index (χ0v) is 11.4. The summed E-state index contributed by atoms with van der Waals surface area (Å²) < 4.78 is 5.49. The van der Waals surface area contributed by atoms with E-state index in [0.29, 0.717) is 12.5 Å². The van der Waals surface area contributed by atoms with E-state index in [0.717, 1.165) is 36.4 Å². The first-order valence-corrected chi connectivity index (χ1v) is 6.64. The molecule has 1 aliphatic rings. The second-order valence-corrected chi connectivity index (χ2v) is 5.06. The highest BCUT2D eigenvalue weighted by atomic mass is 16.5. The van der Waals surface area contributed by atoms with Crippen LogP contribution in [0, 0.1) is 12.8 Å². The molecule has 18 heavy (non-hydrogen) atoms. The Kier molecular flexibility index (Phi) is 3.90. The molecule has 3 heteroatoms. The zero-order chi connectivity index (χ0) is 13.1. The first-order chi connectivity index (χ1) is 8.61. The third kappa shape index (κ3) is 2.66. The summed E-state index contributed by atoms with van der Waals surface area (Å²) in [4.78, 5) is 14.2. The predicted octanol–water partition coefficient (Wildman–Crippen LogP) is 2.88. The maximum Gasteiger partial charge on any atom is 0.253 e. The van der Waals surface area contributed by atoms with Gasteiger partial charge in [0.05, 0.1) is 6.61 Å². The molecule has 1 aromatic rings. The Morgan fingerprint density at radius 2 is 2.28 bits per heavy atom. The lowest BCUT2D eigenvalue weighted by molar-refractivity contribution is 0.0788. The molecule has 1 unspecified atom stereocenters. The minimum absolute atomic E-state index is 0.144. The zero-order valence-electron chi connectivity index (χ0n) is 11.4. The number of nitrogens with zero attached hydrogens (tertiary/aromatic N) is 1. The van der Waals surface area contributed by atoms with Gasteiger partial charge < -0.3 is 9.64 Å². The van der Waals surface area contributed by atoms with Crippen LogP contribution in [0.5, 0.6) is 5.75 Å². The number of aryl methyl sites for hydroxylation is 1. The molecule has 0 aliphatic carbocycles. The van der Waals surface area contributed by atoms with Crippen molar-refractivity contribution >= 4 is 5.91 Å². The van der Waals surface area contributed by atoms with Crippen LogP contribution in [-0.2, 0) is 0 Å². The fraction of sp³-hybridized carbons (Fsp3) is 0.533. The maximum atomic E-state index is 12.3. The van der Waals surface area contributed by atoms with Crippen LogP contribution in [0.15, 0.2) is 18.2 Å². The van der Waals surface area contributed by atoms with Crippen LogP contribution in [0.1, 0.15) is 36.2 Å². The van der Waals surface area contributed by atoms with Crippen molar-refractivity contribution in [1.29, 1.82) is 0 Å². The number of hydrogen-bond donors (Lipinski definition) is 0. The molecule has 3 nitrogen and oxygen atoms in total. The van der Waals surface area contributed by atoms with Crippen molar-refractivity contribution in [2.75, 3.05) is 19.7 Å². The van der Waals surface area contributed by atoms with Crippen molar-refractivity contribution in [1.82, 2.24) is 4.90 Å². The van der Waals surface area contributed by atoms with Crippen LogP contribution in [0.3, 0.4) is 0 Å². The Morgan fingerprint density at radius 1 is 1.50 bits per heavy atom. The molecule has 0 saturated carbocycles. The van der Waals surface area contributed by atoms with E-state index in [4.69, 9.17) is 4.74 Å². The molecule has 1 aliphatic heterocycles. The van der Waals surface area contributed by atoms with Gasteiger partial charge in [-0.25, -0.2) is 0 Å². The molecule has 1 heterocycles. The molecule has 0 N–H and O–H groups in total. The van der Waals surface area contributed by atoms with Gasteiger partial charge in [0.2, 0.25) is 0 Å². The van der Waals surface area contributed by atoms with E-state index < -0.39 is 0 Å². The number of benzene rings is 1. The average Bonchev–Trinajstić information content (AvgIpc) is 2.78. The van der Waals surface area contributed by atoms with Crippen molar-refractivity contribution in [2.45, 2.75) is 27.2 Å². The Balaban J connectivity index is 2.13. The average molecular weight is 247 g/mol. The fourth-order valence-electron chi connectivity index (χ4n) is 2.40. The van der Waals surface area contributed by atoms with Crippen LogP contribution < -0.4 is 4.74 Å². The van der Waals surface area contributed by atoms with Gasteiger partial charge >= 0.3 is 0 Å². The highest BCUT2D eigenvalue weighted by Crippen LogP contribution is 2.22. The summed E-state index contributed by atoms with van der Waals surface area (Å²) in [6.07, 6.45) is 1.11. The van der Waals surface area contributed by atoms with E-state index in [9.17, 15) is 4.79 Å². The van der Waals surface area contributed by atoms with Gasteiger partial charge in [-0.3, -0.25) is 4.79 Å². The van der Waals surface area contributed by atoms with Crippen LogP contribution >= 0.6 is 0 Å². The topological polar surface area (TPSA) is 29.5 Å². The molecule has 1 atom stereocenters. The van der Waals surface area contributed by atoms with Gasteiger partial charge in [-0.1, -0.05) is 6.92 Å². The monoisotopic (exact) mass is 247 g/mol. The van der Waals surface area contributed by atoms with E-state index >= 15 is 0 Å². The smallest absolute Gasteiger partial charge is 0.253 e. The fourth-order valence-corrected chi connectivity index (χ4v) is 2.40. The molecule has 0 radical (unpaired) electrons. The maximum absolute atomic E-state index is 12.3. The van der Waals surface area contributed by atoms with Crippen molar-refractivity contribution in [3.63, 3.8) is 0 Å². The molecule has 0 spiro atoms. The summed E-state index contributed by atoms with van der Waals surface area (Å²) in [5.74, 6) is 1.63. The third-order valence-electron chi connectivity index (χ3n) is 3.43. The lowest BCUT2D eigenvalue weighted by atomic mass is 10.1. The first kappa shape index (κ1) is 12.9. The molecule has 98 valence electrons. The van der Waals surface area contributed by atoms with Crippen LogP contribution in [0.2, 0.25) is 0 Å². The Hall–Kier alpha value is -1.51. The summed E-state index contributed by atoms with van der Waals surface area (Å²) in [5.41, 5.74) is 1.79. The lowest BCUT2D eigenvalue weighted by Gasteiger charge is -2.17. The largest absolute Gasteiger partial charge is 0.494 e. The van der Waals surface area contributed by atoms with Gasteiger partial charge in [0, 0.05) is 18.7 Å². The van der Waals surface area contributed by atoms with Crippen molar-refractivity contribution in [3.8, 4) is 5.75 Å². The Labute approximate surface area is 109 Å².